The molecule has 0 aliphatic heterocycles. The fraction of sp³-hybridized carbons (Fsp3) is 0.667. The molecule has 0 fully saturated rings. The van der Waals surface area contributed by atoms with Gasteiger partial charge in [0.05, 0.1) is 0 Å². The topological polar surface area (TPSA) is 57.5 Å². The van der Waals surface area contributed by atoms with Crippen LogP contribution in [0.15, 0.2) is 0 Å². The van der Waals surface area contributed by atoms with Crippen molar-refractivity contribution >= 4 is 87.3 Å². The Bertz CT molecular complexity index is 80.1. The van der Waals surface area contributed by atoms with Crippen LogP contribution in [0.3, 0.4) is 0 Å². The quantitative estimate of drug-likeness (QED) is 0.612. The summed E-state index contributed by atoms with van der Waals surface area (Å²) >= 11 is -0.931. The number of hydrogen-bond donors (Lipinski definition) is 2. The first-order valence-electron chi connectivity index (χ1n) is 2.09. The molecule has 56 valence electrons. The number of aliphatic hydroxyl groups excluding tert-OH is 1. The van der Waals surface area contributed by atoms with Gasteiger partial charge in [0, 0.05) is 0 Å². The SMILES string of the molecule is CC(O)C(=O)O.[CaH2].[Cl][Ca][Cl]. The minimum atomic E-state index is -1.23. The van der Waals surface area contributed by atoms with Crippen LogP contribution < -0.4 is 0 Å². The number of hydrogen-bond acceptors (Lipinski definition) is 2. The molecule has 10 heavy (non-hydrogen) atoms. The normalized spacial score (nSPS) is 9.20. The first-order chi connectivity index (χ1) is 4.06. The van der Waals surface area contributed by atoms with Crippen LogP contribution in [0.25, 0.3) is 0 Å². The fourth-order valence-corrected chi connectivity index (χ4v) is 0. The number of carboxylic acid groups (broad SMARTS) is 1. The van der Waals surface area contributed by atoms with E-state index in [1.165, 1.54) is 6.92 Å². The molecule has 2 N–H and O–H groups in total. The average Bonchev–Trinajstić information content (AvgIpc) is 1.68. The monoisotopic (exact) mass is 242 g/mol. The number of aliphatic carboxylic acids is 1. The first-order valence-corrected chi connectivity index (χ1v) is 8.16. The van der Waals surface area contributed by atoms with E-state index in [-0.39, 0.29) is 37.7 Å². The van der Waals surface area contributed by atoms with Gasteiger partial charge in [0.2, 0.25) is 0 Å². The maximum atomic E-state index is 9.45. The van der Waals surface area contributed by atoms with E-state index < -0.39 is 42.9 Å². The molecule has 0 aromatic rings. The van der Waals surface area contributed by atoms with Crippen molar-refractivity contribution in [2.24, 2.45) is 0 Å². The second kappa shape index (κ2) is 14.1. The van der Waals surface area contributed by atoms with Gasteiger partial charge in [0.15, 0.2) is 0 Å². The Kier molecular flexibility index (Phi) is 25.8. The molecule has 0 aliphatic carbocycles. The predicted octanol–water partition coefficient (Wildman–Crippen LogP) is -0.466. The zero-order valence-electron chi connectivity index (χ0n) is 4.84. The molecule has 3 nitrogen and oxygen atoms in total. The van der Waals surface area contributed by atoms with Crippen molar-refractivity contribution < 1.29 is 15.0 Å². The molecule has 7 heteroatoms. The summed E-state index contributed by atoms with van der Waals surface area (Å²) in [5.74, 6) is -1.19. The van der Waals surface area contributed by atoms with E-state index in [1.807, 2.05) is 0 Å². The van der Waals surface area contributed by atoms with E-state index in [0.717, 1.165) is 0 Å². The third-order valence-electron chi connectivity index (χ3n) is 0.357. The van der Waals surface area contributed by atoms with Crippen LogP contribution >= 0.6 is 12.8 Å². The summed E-state index contributed by atoms with van der Waals surface area (Å²) in [5, 5.41) is 15.8. The summed E-state index contributed by atoms with van der Waals surface area (Å²) in [7, 11) is 0. The van der Waals surface area contributed by atoms with Crippen molar-refractivity contribution in [1.82, 2.24) is 0 Å². The second-order valence-corrected chi connectivity index (χ2v) is 4.76. The first kappa shape index (κ1) is 18.3. The number of carboxylic acids is 1. The van der Waals surface area contributed by atoms with Gasteiger partial charge < -0.3 is 10.2 Å². The molecule has 0 aromatic carbocycles. The maximum absolute atomic E-state index is 9.45. The summed E-state index contributed by atoms with van der Waals surface area (Å²) in [4.78, 5) is 9.45. The predicted molar refractivity (Wildman–Crippen MR) is 45.3 cm³/mol. The molecular formula is C3H8Ca2Cl2O3. The molecule has 0 saturated carbocycles. The van der Waals surface area contributed by atoms with Crippen molar-refractivity contribution in [3.63, 3.8) is 0 Å². The molecule has 0 aliphatic rings. The Morgan fingerprint density at radius 1 is 1.60 bits per heavy atom. The van der Waals surface area contributed by atoms with E-state index >= 15 is 0 Å². The molecule has 0 aromatic heterocycles. The van der Waals surface area contributed by atoms with Gasteiger partial charge in [-0.2, -0.15) is 0 Å². The molecule has 1 unspecified atom stereocenters. The number of rotatable bonds is 1. The van der Waals surface area contributed by atoms with Gasteiger partial charge in [-0.1, -0.05) is 0 Å². The number of carbonyl (C=O) groups is 1. The summed E-state index contributed by atoms with van der Waals surface area (Å²) in [6, 6.07) is 0. The summed E-state index contributed by atoms with van der Waals surface area (Å²) in [5.41, 5.74) is 0. The van der Waals surface area contributed by atoms with E-state index in [4.69, 9.17) is 23.0 Å². The Morgan fingerprint density at radius 3 is 1.70 bits per heavy atom. The summed E-state index contributed by atoms with van der Waals surface area (Å²) in [6.45, 7) is 1.20. The van der Waals surface area contributed by atoms with Gasteiger partial charge in [-0.3, -0.25) is 0 Å². The molecule has 0 saturated heterocycles. The van der Waals surface area contributed by atoms with Gasteiger partial charge in [0.25, 0.3) is 0 Å². The van der Waals surface area contributed by atoms with E-state index in [9.17, 15) is 4.79 Å². The molecule has 0 bridgehead atoms. The molecular weight excluding hydrogens is 235 g/mol. The van der Waals surface area contributed by atoms with Crippen LogP contribution in [0, 0.1) is 0 Å². The zero-order valence-corrected chi connectivity index (χ0v) is 8.56. The molecule has 0 rings (SSSR count). The standard InChI is InChI=1S/C3H6O3.2Ca.2ClH.2H/c1-2(4)3(5)6;;;;;;/h2,4H,1H3,(H,5,6);;;2*1H;;/q;;+2;;;;/p-2. The van der Waals surface area contributed by atoms with E-state index in [0.29, 0.717) is 0 Å². The van der Waals surface area contributed by atoms with Crippen molar-refractivity contribution in [3.8, 4) is 0 Å². The second-order valence-electron chi connectivity index (χ2n) is 1.12. The van der Waals surface area contributed by atoms with Crippen molar-refractivity contribution in [1.29, 1.82) is 0 Å². The summed E-state index contributed by atoms with van der Waals surface area (Å²) < 4.78 is 0. The van der Waals surface area contributed by atoms with Crippen LogP contribution in [0.2, 0.25) is 0 Å². The Labute approximate surface area is 113 Å². The third kappa shape index (κ3) is 22.4. The molecule has 0 radical (unpaired) electrons. The van der Waals surface area contributed by atoms with E-state index in [2.05, 4.69) is 0 Å². The van der Waals surface area contributed by atoms with Crippen molar-refractivity contribution in [3.05, 3.63) is 0 Å². The molecule has 0 amide bonds. The average molecular weight is 243 g/mol. The fourth-order valence-electron chi connectivity index (χ4n) is 0. The van der Waals surface area contributed by atoms with E-state index in [1.54, 1.807) is 0 Å². The van der Waals surface area contributed by atoms with Crippen LogP contribution in [-0.2, 0) is 4.79 Å². The minimum absolute atomic E-state index is 0. The van der Waals surface area contributed by atoms with Crippen LogP contribution in [-0.4, -0.2) is 90.9 Å². The number of aliphatic hydroxyl groups is 1. The van der Waals surface area contributed by atoms with Crippen molar-refractivity contribution in [2.75, 3.05) is 0 Å². The molecule has 0 heterocycles. The van der Waals surface area contributed by atoms with Gasteiger partial charge in [-0.05, 0) is 6.92 Å². The van der Waals surface area contributed by atoms with Gasteiger partial charge in [0.1, 0.15) is 6.10 Å². The van der Waals surface area contributed by atoms with Crippen LogP contribution in [0.1, 0.15) is 6.92 Å². The van der Waals surface area contributed by atoms with Gasteiger partial charge in [-0.25, -0.2) is 4.79 Å². The Morgan fingerprint density at radius 2 is 1.70 bits per heavy atom. The number of halogens is 2. The molecule has 0 spiro atoms. The van der Waals surface area contributed by atoms with Crippen molar-refractivity contribution in [2.45, 2.75) is 13.0 Å². The van der Waals surface area contributed by atoms with Crippen LogP contribution in [0.4, 0.5) is 0 Å². The third-order valence-corrected chi connectivity index (χ3v) is 0.357. The van der Waals surface area contributed by atoms with Crippen LogP contribution in [0.5, 0.6) is 0 Å². The zero-order chi connectivity index (χ0) is 7.86. The Balaban J connectivity index is -0.000000107. The Hall–Kier alpha value is 2.53. The molecule has 1 atom stereocenters. The van der Waals surface area contributed by atoms with Gasteiger partial charge in [-0.15, -0.1) is 0 Å². The van der Waals surface area contributed by atoms with Gasteiger partial charge >= 0.3 is 87.3 Å². The summed E-state index contributed by atoms with van der Waals surface area (Å²) in [6.07, 6.45) is 8.67.